The Bertz CT molecular complexity index is 446. The summed E-state index contributed by atoms with van der Waals surface area (Å²) in [4.78, 5) is 14.9. The van der Waals surface area contributed by atoms with E-state index < -0.39 is 5.79 Å². The molecule has 2 fully saturated rings. The van der Waals surface area contributed by atoms with Crippen LogP contribution in [0.1, 0.15) is 22.5 Å². The highest BCUT2D eigenvalue weighted by Crippen LogP contribution is 2.32. The Kier molecular flexibility index (Phi) is 3.44. The lowest BCUT2D eigenvalue weighted by Crippen LogP contribution is -2.47. The second-order valence-electron chi connectivity index (χ2n) is 4.50. The van der Waals surface area contributed by atoms with Crippen molar-refractivity contribution in [3.8, 4) is 0 Å². The van der Waals surface area contributed by atoms with E-state index in [9.17, 15) is 4.79 Å². The Balaban J connectivity index is 1.64. The third kappa shape index (κ3) is 2.34. The Morgan fingerprint density at radius 1 is 1.28 bits per heavy atom. The molecule has 0 aromatic carbocycles. The van der Waals surface area contributed by atoms with Gasteiger partial charge >= 0.3 is 0 Å². The molecule has 0 atom stereocenters. The molecule has 3 rings (SSSR count). The zero-order valence-corrected chi connectivity index (χ0v) is 12.3. The van der Waals surface area contributed by atoms with Gasteiger partial charge in [-0.15, -0.1) is 11.3 Å². The summed E-state index contributed by atoms with van der Waals surface area (Å²) in [6, 6.07) is 3.77. The number of carbonyl (C=O) groups is 1. The van der Waals surface area contributed by atoms with Gasteiger partial charge in [0.05, 0.1) is 21.9 Å². The topological polar surface area (TPSA) is 38.8 Å². The Labute approximate surface area is 118 Å². The largest absolute Gasteiger partial charge is 0.347 e. The molecular formula is C12H14BrNO3S. The van der Waals surface area contributed by atoms with Crippen molar-refractivity contribution in [1.82, 2.24) is 4.90 Å². The average Bonchev–Trinajstić information content (AvgIpc) is 3.00. The van der Waals surface area contributed by atoms with Gasteiger partial charge < -0.3 is 14.4 Å². The van der Waals surface area contributed by atoms with Crippen molar-refractivity contribution in [1.29, 1.82) is 0 Å². The highest BCUT2D eigenvalue weighted by atomic mass is 79.9. The minimum absolute atomic E-state index is 0.110. The van der Waals surface area contributed by atoms with Crippen LogP contribution in [0.5, 0.6) is 0 Å². The van der Waals surface area contributed by atoms with E-state index in [1.165, 1.54) is 11.3 Å². The van der Waals surface area contributed by atoms with Crippen molar-refractivity contribution in [2.24, 2.45) is 0 Å². The number of thiophene rings is 1. The van der Waals surface area contributed by atoms with E-state index in [0.717, 1.165) is 21.5 Å². The lowest BCUT2D eigenvalue weighted by Gasteiger charge is -2.37. The van der Waals surface area contributed by atoms with Crippen LogP contribution in [0.2, 0.25) is 0 Å². The number of nitrogens with zero attached hydrogens (tertiary/aromatic N) is 1. The van der Waals surface area contributed by atoms with Gasteiger partial charge in [0, 0.05) is 25.9 Å². The van der Waals surface area contributed by atoms with Crippen molar-refractivity contribution < 1.29 is 14.3 Å². The smallest absolute Gasteiger partial charge is 0.263 e. The van der Waals surface area contributed by atoms with Crippen molar-refractivity contribution in [2.45, 2.75) is 18.6 Å². The molecule has 18 heavy (non-hydrogen) atoms. The predicted octanol–water partition coefficient (Wildman–Crippen LogP) is 2.49. The molecule has 2 aliphatic heterocycles. The summed E-state index contributed by atoms with van der Waals surface area (Å²) in [5, 5.41) is 0. The monoisotopic (exact) mass is 331 g/mol. The zero-order valence-electron chi connectivity index (χ0n) is 9.86. The molecule has 1 amide bonds. The van der Waals surface area contributed by atoms with Gasteiger partial charge in [0.1, 0.15) is 0 Å². The van der Waals surface area contributed by atoms with Crippen LogP contribution in [-0.4, -0.2) is 42.9 Å². The number of hydrogen-bond donors (Lipinski definition) is 0. The van der Waals surface area contributed by atoms with E-state index in [2.05, 4.69) is 15.9 Å². The SMILES string of the molecule is O=C(c1ccc(Br)s1)N1CCC2(CC1)OCCO2. The molecule has 1 spiro atoms. The van der Waals surface area contributed by atoms with E-state index in [-0.39, 0.29) is 5.91 Å². The summed E-state index contributed by atoms with van der Waals surface area (Å²) in [5.41, 5.74) is 0. The number of likely N-dealkylation sites (tertiary alicyclic amines) is 1. The zero-order chi connectivity index (χ0) is 12.6. The molecule has 0 bridgehead atoms. The molecule has 1 aromatic rings. The molecule has 0 unspecified atom stereocenters. The number of amides is 1. The van der Waals surface area contributed by atoms with Crippen molar-refractivity contribution in [3.63, 3.8) is 0 Å². The van der Waals surface area contributed by atoms with Gasteiger partial charge in [-0.2, -0.15) is 0 Å². The summed E-state index contributed by atoms with van der Waals surface area (Å²) in [7, 11) is 0. The molecule has 1 aromatic heterocycles. The Morgan fingerprint density at radius 2 is 1.94 bits per heavy atom. The van der Waals surface area contributed by atoms with Crippen LogP contribution in [0.3, 0.4) is 0 Å². The highest BCUT2D eigenvalue weighted by Gasteiger charge is 2.40. The predicted molar refractivity (Wildman–Crippen MR) is 71.8 cm³/mol. The fourth-order valence-corrected chi connectivity index (χ4v) is 3.78. The van der Waals surface area contributed by atoms with Gasteiger partial charge in [-0.05, 0) is 28.1 Å². The third-order valence-electron chi connectivity index (χ3n) is 3.41. The van der Waals surface area contributed by atoms with Crippen LogP contribution in [0, 0.1) is 0 Å². The summed E-state index contributed by atoms with van der Waals surface area (Å²) in [5.74, 6) is -0.300. The van der Waals surface area contributed by atoms with Crippen molar-refractivity contribution in [2.75, 3.05) is 26.3 Å². The summed E-state index contributed by atoms with van der Waals surface area (Å²) < 4.78 is 12.3. The number of rotatable bonds is 1. The van der Waals surface area contributed by atoms with Gasteiger partial charge in [-0.25, -0.2) is 0 Å². The summed E-state index contributed by atoms with van der Waals surface area (Å²) in [6.45, 7) is 2.75. The van der Waals surface area contributed by atoms with Gasteiger partial charge in [0.25, 0.3) is 5.91 Å². The summed E-state index contributed by atoms with van der Waals surface area (Å²) in [6.07, 6.45) is 1.54. The second kappa shape index (κ2) is 4.92. The molecule has 0 aliphatic carbocycles. The fraction of sp³-hybridized carbons (Fsp3) is 0.583. The molecule has 2 saturated heterocycles. The number of carbonyl (C=O) groups excluding carboxylic acids is 1. The van der Waals surface area contributed by atoms with Crippen LogP contribution in [0.15, 0.2) is 15.9 Å². The molecule has 6 heteroatoms. The van der Waals surface area contributed by atoms with Crippen LogP contribution < -0.4 is 0 Å². The lowest BCUT2D eigenvalue weighted by atomic mass is 10.0. The molecule has 98 valence electrons. The minimum atomic E-state index is -0.410. The van der Waals surface area contributed by atoms with E-state index >= 15 is 0 Å². The van der Waals surface area contributed by atoms with Gasteiger partial charge in [0.15, 0.2) is 5.79 Å². The van der Waals surface area contributed by atoms with Crippen LogP contribution >= 0.6 is 27.3 Å². The first-order valence-electron chi connectivity index (χ1n) is 6.01. The first-order chi connectivity index (χ1) is 8.69. The number of piperidine rings is 1. The number of halogens is 1. The molecule has 0 N–H and O–H groups in total. The number of ether oxygens (including phenoxy) is 2. The number of hydrogen-bond acceptors (Lipinski definition) is 4. The first kappa shape index (κ1) is 12.6. The standard InChI is InChI=1S/C12H14BrNO3S/c13-10-2-1-9(18-10)11(15)14-5-3-12(4-6-14)16-7-8-17-12/h1-2H,3-8H2. The van der Waals surface area contributed by atoms with Gasteiger partial charge in [-0.3, -0.25) is 4.79 Å². The van der Waals surface area contributed by atoms with Crippen LogP contribution in [0.25, 0.3) is 0 Å². The molecule has 4 nitrogen and oxygen atoms in total. The highest BCUT2D eigenvalue weighted by molar-refractivity contribution is 9.11. The lowest BCUT2D eigenvalue weighted by molar-refractivity contribution is -0.181. The molecule has 3 heterocycles. The quantitative estimate of drug-likeness (QED) is 0.793. The molecule has 2 aliphatic rings. The first-order valence-corrected chi connectivity index (χ1v) is 7.62. The van der Waals surface area contributed by atoms with Crippen molar-refractivity contribution in [3.05, 3.63) is 20.8 Å². The van der Waals surface area contributed by atoms with Crippen molar-refractivity contribution >= 4 is 33.2 Å². The van der Waals surface area contributed by atoms with Gasteiger partial charge in [0.2, 0.25) is 0 Å². The fourth-order valence-electron chi connectivity index (χ4n) is 2.42. The van der Waals surface area contributed by atoms with E-state index in [1.54, 1.807) is 0 Å². The van der Waals surface area contributed by atoms with Crippen LogP contribution in [0.4, 0.5) is 0 Å². The maximum absolute atomic E-state index is 12.3. The molecule has 0 saturated carbocycles. The molecular weight excluding hydrogens is 318 g/mol. The van der Waals surface area contributed by atoms with Gasteiger partial charge in [-0.1, -0.05) is 0 Å². The van der Waals surface area contributed by atoms with E-state index in [1.807, 2.05) is 17.0 Å². The maximum Gasteiger partial charge on any atom is 0.263 e. The third-order valence-corrected chi connectivity index (χ3v) is 5.02. The normalized spacial score (nSPS) is 22.6. The van der Waals surface area contributed by atoms with E-state index in [4.69, 9.17) is 9.47 Å². The van der Waals surface area contributed by atoms with E-state index in [0.29, 0.717) is 26.3 Å². The average molecular weight is 332 g/mol. The second-order valence-corrected chi connectivity index (χ2v) is 6.97. The Morgan fingerprint density at radius 3 is 2.50 bits per heavy atom. The minimum Gasteiger partial charge on any atom is -0.347 e. The Hall–Kier alpha value is -0.430. The summed E-state index contributed by atoms with van der Waals surface area (Å²) >= 11 is 4.86. The maximum atomic E-state index is 12.3. The molecule has 0 radical (unpaired) electrons. The van der Waals surface area contributed by atoms with Crippen LogP contribution in [-0.2, 0) is 9.47 Å².